The molecule has 0 saturated heterocycles. The molecule has 1 aromatic heterocycles. The molecule has 4 aromatic rings. The summed E-state index contributed by atoms with van der Waals surface area (Å²) < 4.78 is 33.5. The Morgan fingerprint density at radius 1 is 1.00 bits per heavy atom. The molecule has 9 heteroatoms. The van der Waals surface area contributed by atoms with Crippen molar-refractivity contribution in [1.82, 2.24) is 4.98 Å². The SMILES string of the molecule is O=C(O)c1cc(S(=O)(=O)Nc2ccc(Oc3cccc4cnccc34)cc2)ccc1O. The molecular weight excluding hydrogens is 420 g/mol. The van der Waals surface area contributed by atoms with Crippen molar-refractivity contribution in [3.8, 4) is 17.2 Å². The minimum Gasteiger partial charge on any atom is -0.507 e. The zero-order valence-electron chi connectivity index (χ0n) is 15.9. The van der Waals surface area contributed by atoms with Crippen molar-refractivity contribution >= 4 is 32.5 Å². The van der Waals surface area contributed by atoms with Crippen molar-refractivity contribution in [2.45, 2.75) is 4.90 Å². The number of carbonyl (C=O) groups is 1. The first kappa shape index (κ1) is 20.2. The second-order valence-electron chi connectivity index (χ2n) is 6.57. The summed E-state index contributed by atoms with van der Waals surface area (Å²) in [6, 6.07) is 16.8. The van der Waals surface area contributed by atoms with Gasteiger partial charge in [0.15, 0.2) is 0 Å². The van der Waals surface area contributed by atoms with Gasteiger partial charge in [-0.2, -0.15) is 0 Å². The minimum atomic E-state index is -4.06. The highest BCUT2D eigenvalue weighted by molar-refractivity contribution is 7.92. The molecule has 0 aliphatic rings. The van der Waals surface area contributed by atoms with Gasteiger partial charge in [-0.15, -0.1) is 0 Å². The lowest BCUT2D eigenvalue weighted by molar-refractivity contribution is 0.0693. The summed E-state index contributed by atoms with van der Waals surface area (Å²) in [6.45, 7) is 0. The summed E-state index contributed by atoms with van der Waals surface area (Å²) >= 11 is 0. The first-order chi connectivity index (χ1) is 14.8. The standard InChI is InChI=1S/C22H16N2O6S/c25-20-9-8-17(12-19(20)22(26)27)31(28,29)24-15-4-6-16(7-5-15)30-21-3-1-2-14-13-23-11-10-18(14)21/h1-13,24-25H,(H,26,27). The largest absolute Gasteiger partial charge is 0.507 e. The quantitative estimate of drug-likeness (QED) is 0.413. The molecule has 0 fully saturated rings. The lowest BCUT2D eigenvalue weighted by Crippen LogP contribution is -2.13. The van der Waals surface area contributed by atoms with E-state index in [1.807, 2.05) is 24.3 Å². The van der Waals surface area contributed by atoms with Gasteiger partial charge in [-0.1, -0.05) is 12.1 Å². The highest BCUT2D eigenvalue weighted by Crippen LogP contribution is 2.30. The number of phenols is 1. The number of nitrogens with one attached hydrogen (secondary N) is 1. The van der Waals surface area contributed by atoms with Crippen LogP contribution in [0.2, 0.25) is 0 Å². The van der Waals surface area contributed by atoms with E-state index in [1.165, 1.54) is 12.1 Å². The predicted octanol–water partition coefficient (Wildman–Crippen LogP) is 4.23. The van der Waals surface area contributed by atoms with Crippen LogP contribution in [0.4, 0.5) is 5.69 Å². The van der Waals surface area contributed by atoms with E-state index in [1.54, 1.807) is 24.5 Å². The molecule has 1 heterocycles. The second-order valence-corrected chi connectivity index (χ2v) is 8.25. The molecule has 156 valence electrons. The number of ether oxygens (including phenoxy) is 1. The predicted molar refractivity (Wildman–Crippen MR) is 114 cm³/mol. The Balaban J connectivity index is 1.54. The average Bonchev–Trinajstić information content (AvgIpc) is 2.75. The van der Waals surface area contributed by atoms with Crippen LogP contribution in [0.3, 0.4) is 0 Å². The van der Waals surface area contributed by atoms with Crippen molar-refractivity contribution in [3.05, 3.63) is 84.7 Å². The van der Waals surface area contributed by atoms with Crippen LogP contribution in [0.15, 0.2) is 84.0 Å². The number of pyridine rings is 1. The first-order valence-corrected chi connectivity index (χ1v) is 10.5. The summed E-state index contributed by atoms with van der Waals surface area (Å²) in [5.74, 6) is -0.805. The van der Waals surface area contributed by atoms with Crippen LogP contribution in [0, 0.1) is 0 Å². The fourth-order valence-corrected chi connectivity index (χ4v) is 4.05. The number of hydrogen-bond acceptors (Lipinski definition) is 6. The molecule has 0 aliphatic carbocycles. The van der Waals surface area contributed by atoms with Crippen molar-refractivity contribution in [2.75, 3.05) is 4.72 Å². The third-order valence-electron chi connectivity index (χ3n) is 4.48. The van der Waals surface area contributed by atoms with Crippen molar-refractivity contribution in [1.29, 1.82) is 0 Å². The number of fused-ring (bicyclic) bond motifs is 1. The molecule has 8 nitrogen and oxygen atoms in total. The molecule has 0 aliphatic heterocycles. The summed E-state index contributed by atoms with van der Waals surface area (Å²) in [7, 11) is -4.06. The van der Waals surface area contributed by atoms with E-state index in [4.69, 9.17) is 9.84 Å². The maximum Gasteiger partial charge on any atom is 0.339 e. The Hall–Kier alpha value is -4.11. The third-order valence-corrected chi connectivity index (χ3v) is 5.86. The van der Waals surface area contributed by atoms with Gasteiger partial charge < -0.3 is 14.9 Å². The molecule has 0 saturated carbocycles. The molecule has 0 unspecified atom stereocenters. The maximum absolute atomic E-state index is 12.6. The van der Waals surface area contributed by atoms with Crippen LogP contribution in [0.5, 0.6) is 17.2 Å². The van der Waals surface area contributed by atoms with E-state index >= 15 is 0 Å². The molecule has 31 heavy (non-hydrogen) atoms. The van der Waals surface area contributed by atoms with Gasteiger partial charge in [0.25, 0.3) is 10.0 Å². The average molecular weight is 436 g/mol. The highest BCUT2D eigenvalue weighted by Gasteiger charge is 2.19. The smallest absolute Gasteiger partial charge is 0.339 e. The monoisotopic (exact) mass is 436 g/mol. The molecule has 0 spiro atoms. The minimum absolute atomic E-state index is 0.263. The molecule has 0 atom stereocenters. The maximum atomic E-state index is 12.6. The Morgan fingerprint density at radius 3 is 2.52 bits per heavy atom. The number of sulfonamides is 1. The van der Waals surface area contributed by atoms with E-state index in [2.05, 4.69) is 9.71 Å². The molecule has 3 N–H and O–H groups in total. The van der Waals surface area contributed by atoms with Crippen LogP contribution in [-0.2, 0) is 10.0 Å². The van der Waals surface area contributed by atoms with Gasteiger partial charge in [-0.05, 0) is 54.6 Å². The van der Waals surface area contributed by atoms with Gasteiger partial charge >= 0.3 is 5.97 Å². The van der Waals surface area contributed by atoms with E-state index in [9.17, 15) is 18.3 Å². The van der Waals surface area contributed by atoms with Crippen molar-refractivity contribution in [2.24, 2.45) is 0 Å². The highest BCUT2D eigenvalue weighted by atomic mass is 32.2. The number of hydrogen-bond donors (Lipinski definition) is 3. The third kappa shape index (κ3) is 4.26. The Bertz CT molecular complexity index is 1380. The van der Waals surface area contributed by atoms with Crippen LogP contribution in [0.25, 0.3) is 10.8 Å². The lowest BCUT2D eigenvalue weighted by Gasteiger charge is -2.11. The Kier molecular flexibility index (Phi) is 5.18. The molecule has 0 amide bonds. The first-order valence-electron chi connectivity index (χ1n) is 9.03. The number of aromatic carboxylic acids is 1. The fourth-order valence-electron chi connectivity index (χ4n) is 2.97. The van der Waals surface area contributed by atoms with Crippen LogP contribution in [0.1, 0.15) is 10.4 Å². The zero-order valence-corrected chi connectivity index (χ0v) is 16.7. The Labute approximate surface area is 177 Å². The molecule has 0 bridgehead atoms. The molecule has 3 aromatic carbocycles. The van der Waals surface area contributed by atoms with Gasteiger partial charge in [-0.3, -0.25) is 9.71 Å². The second kappa shape index (κ2) is 7.96. The van der Waals surface area contributed by atoms with E-state index < -0.39 is 27.3 Å². The van der Waals surface area contributed by atoms with Gasteiger partial charge in [0.1, 0.15) is 22.8 Å². The molecule has 0 radical (unpaired) electrons. The van der Waals surface area contributed by atoms with Crippen LogP contribution >= 0.6 is 0 Å². The number of aromatic nitrogens is 1. The van der Waals surface area contributed by atoms with Gasteiger partial charge in [0.2, 0.25) is 0 Å². The number of carboxylic acids is 1. The molecule has 4 rings (SSSR count). The summed E-state index contributed by atoms with van der Waals surface area (Å²) in [6.07, 6.45) is 3.41. The van der Waals surface area contributed by atoms with Crippen LogP contribution in [-0.4, -0.2) is 29.6 Å². The Morgan fingerprint density at radius 2 is 1.77 bits per heavy atom. The number of carboxylic acid groups (broad SMARTS) is 1. The number of nitrogens with zero attached hydrogens (tertiary/aromatic N) is 1. The van der Waals surface area contributed by atoms with E-state index in [-0.39, 0.29) is 10.6 Å². The van der Waals surface area contributed by atoms with Crippen molar-refractivity contribution in [3.63, 3.8) is 0 Å². The number of anilines is 1. The van der Waals surface area contributed by atoms with E-state index in [0.717, 1.165) is 29.0 Å². The normalized spacial score (nSPS) is 11.2. The number of aromatic hydroxyl groups is 1. The summed E-state index contributed by atoms with van der Waals surface area (Å²) in [4.78, 5) is 14.9. The lowest BCUT2D eigenvalue weighted by atomic mass is 10.1. The van der Waals surface area contributed by atoms with E-state index in [0.29, 0.717) is 11.5 Å². The number of benzene rings is 3. The summed E-state index contributed by atoms with van der Waals surface area (Å²) in [5, 5.41) is 20.5. The van der Waals surface area contributed by atoms with Gasteiger partial charge in [0.05, 0.1) is 4.90 Å². The topological polar surface area (TPSA) is 126 Å². The van der Waals surface area contributed by atoms with Crippen molar-refractivity contribution < 1.29 is 28.2 Å². The van der Waals surface area contributed by atoms with Crippen LogP contribution < -0.4 is 9.46 Å². The molecular formula is C22H16N2O6S. The fraction of sp³-hybridized carbons (Fsp3) is 0. The zero-order chi connectivity index (χ0) is 22.0. The number of rotatable bonds is 6. The van der Waals surface area contributed by atoms with Gasteiger partial charge in [0, 0.05) is 28.9 Å². The summed E-state index contributed by atoms with van der Waals surface area (Å²) in [5.41, 5.74) is -0.240. The van der Waals surface area contributed by atoms with Gasteiger partial charge in [-0.25, -0.2) is 13.2 Å².